The molecule has 12 heteroatoms. The van der Waals surface area contributed by atoms with E-state index in [4.69, 9.17) is 14.7 Å². The van der Waals surface area contributed by atoms with E-state index in [1.54, 1.807) is 12.1 Å². The molecule has 11 nitrogen and oxygen atoms in total. The molecule has 3 rings (SSSR count). The van der Waals surface area contributed by atoms with Gasteiger partial charge < -0.3 is 24.9 Å². The number of carbonyl (C=O) groups is 1. The summed E-state index contributed by atoms with van der Waals surface area (Å²) >= 11 is 0. The van der Waals surface area contributed by atoms with Gasteiger partial charge in [-0.1, -0.05) is 5.16 Å². The number of nitrogens with one attached hydrogen (secondary N) is 1. The topological polar surface area (TPSA) is 147 Å². The Morgan fingerprint density at radius 1 is 1.28 bits per heavy atom. The molecule has 1 saturated heterocycles. The maximum Gasteiger partial charge on any atom is 0.284 e. The lowest BCUT2D eigenvalue weighted by Gasteiger charge is -2.35. The highest BCUT2D eigenvalue weighted by Crippen LogP contribution is 2.14. The molecule has 0 aliphatic carbocycles. The molecule has 0 unspecified atom stereocenters. The predicted molar refractivity (Wildman–Crippen MR) is 104 cm³/mol. The minimum absolute atomic E-state index is 0.0890. The summed E-state index contributed by atoms with van der Waals surface area (Å²) in [7, 11) is -3.46. The maximum absolute atomic E-state index is 12.6. The summed E-state index contributed by atoms with van der Waals surface area (Å²) < 4.78 is 36.6. The number of carbonyl (C=O) groups excluding carboxylic acids is 1. The van der Waals surface area contributed by atoms with Gasteiger partial charge in [0.15, 0.2) is 11.7 Å². The average Bonchev–Trinajstić information content (AvgIpc) is 3.37. The molecule has 2 aromatic rings. The standard InChI is InChI=1S/C17H24N6O5S/c1-2-19-17(20-11-14-3-4-15(28-14)16(18)24)22-6-8-23(9-7-22)29(25,26)12-13-5-10-27-21-13/h3-5,10H,2,6-9,11-12H2,1H3,(H2,18,24)(H,19,20). The van der Waals surface area contributed by atoms with E-state index in [9.17, 15) is 13.2 Å². The van der Waals surface area contributed by atoms with Crippen LogP contribution in [0.3, 0.4) is 0 Å². The van der Waals surface area contributed by atoms with Crippen LogP contribution in [0.1, 0.15) is 28.9 Å². The van der Waals surface area contributed by atoms with Gasteiger partial charge in [-0.25, -0.2) is 13.4 Å². The maximum atomic E-state index is 12.6. The van der Waals surface area contributed by atoms with E-state index in [2.05, 4.69) is 15.5 Å². The highest BCUT2D eigenvalue weighted by atomic mass is 32.2. The molecule has 0 saturated carbocycles. The van der Waals surface area contributed by atoms with Crippen LogP contribution in [0.25, 0.3) is 0 Å². The molecule has 1 fully saturated rings. The molecular formula is C17H24N6O5S. The lowest BCUT2D eigenvalue weighted by molar-refractivity contribution is 0.0972. The van der Waals surface area contributed by atoms with Crippen LogP contribution >= 0.6 is 0 Å². The minimum Gasteiger partial charge on any atom is -0.454 e. The summed E-state index contributed by atoms with van der Waals surface area (Å²) in [5.74, 6) is 0.445. The van der Waals surface area contributed by atoms with E-state index < -0.39 is 15.9 Å². The Kier molecular flexibility index (Phi) is 6.54. The molecular weight excluding hydrogens is 400 g/mol. The van der Waals surface area contributed by atoms with Crippen LogP contribution in [0.15, 0.2) is 38.4 Å². The van der Waals surface area contributed by atoms with Gasteiger partial charge in [0.1, 0.15) is 24.3 Å². The van der Waals surface area contributed by atoms with E-state index >= 15 is 0 Å². The van der Waals surface area contributed by atoms with Gasteiger partial charge in [-0.3, -0.25) is 4.79 Å². The van der Waals surface area contributed by atoms with E-state index in [1.807, 2.05) is 11.8 Å². The molecule has 1 amide bonds. The summed E-state index contributed by atoms with van der Waals surface area (Å²) in [5, 5.41) is 6.87. The third-order valence-electron chi connectivity index (χ3n) is 4.38. The third-order valence-corrected chi connectivity index (χ3v) is 6.19. The quantitative estimate of drug-likeness (QED) is 0.465. The lowest BCUT2D eigenvalue weighted by atomic mass is 10.4. The SMILES string of the molecule is CCNC(=NCc1ccc(C(N)=O)o1)N1CCN(S(=O)(=O)Cc2ccon2)CC1. The molecule has 3 N–H and O–H groups in total. The summed E-state index contributed by atoms with van der Waals surface area (Å²) in [6.45, 7) is 4.53. The zero-order chi connectivity index (χ0) is 20.9. The van der Waals surface area contributed by atoms with Gasteiger partial charge in [0.2, 0.25) is 10.0 Å². The Hall–Kier alpha value is -2.86. The van der Waals surface area contributed by atoms with Gasteiger partial charge in [-0.2, -0.15) is 4.31 Å². The number of hydrogen-bond donors (Lipinski definition) is 2. The Balaban J connectivity index is 1.60. The smallest absolute Gasteiger partial charge is 0.284 e. The number of guanidine groups is 1. The van der Waals surface area contributed by atoms with Crippen LogP contribution in [0, 0.1) is 0 Å². The molecule has 158 valence electrons. The molecule has 0 atom stereocenters. The van der Waals surface area contributed by atoms with Crippen molar-refractivity contribution in [2.45, 2.75) is 19.2 Å². The summed E-state index contributed by atoms with van der Waals surface area (Å²) in [5.41, 5.74) is 5.57. The van der Waals surface area contributed by atoms with Gasteiger partial charge in [0.05, 0.1) is 5.69 Å². The van der Waals surface area contributed by atoms with Crippen molar-refractivity contribution in [3.63, 3.8) is 0 Å². The number of furan rings is 1. The van der Waals surface area contributed by atoms with Crippen molar-refractivity contribution in [2.75, 3.05) is 32.7 Å². The van der Waals surface area contributed by atoms with E-state index in [1.165, 1.54) is 16.6 Å². The first kappa shape index (κ1) is 20.9. The molecule has 1 aliphatic rings. The molecule has 3 heterocycles. The van der Waals surface area contributed by atoms with Gasteiger partial charge in [-0.15, -0.1) is 0 Å². The lowest BCUT2D eigenvalue weighted by Crippen LogP contribution is -2.53. The Labute approximate surface area is 168 Å². The number of hydrogen-bond acceptors (Lipinski definition) is 7. The van der Waals surface area contributed by atoms with Crippen molar-refractivity contribution in [1.82, 2.24) is 19.7 Å². The van der Waals surface area contributed by atoms with Crippen LogP contribution < -0.4 is 11.1 Å². The number of piperazine rings is 1. The number of aromatic nitrogens is 1. The molecule has 0 spiro atoms. The molecule has 2 aromatic heterocycles. The van der Waals surface area contributed by atoms with Gasteiger partial charge in [0.25, 0.3) is 5.91 Å². The number of aliphatic imine (C=N–C) groups is 1. The van der Waals surface area contributed by atoms with Crippen LogP contribution in [-0.2, 0) is 22.3 Å². The van der Waals surface area contributed by atoms with Crippen LogP contribution in [0.5, 0.6) is 0 Å². The van der Waals surface area contributed by atoms with Crippen molar-refractivity contribution in [3.05, 3.63) is 41.7 Å². The van der Waals surface area contributed by atoms with Crippen molar-refractivity contribution < 1.29 is 22.2 Å². The first-order chi connectivity index (χ1) is 13.9. The fourth-order valence-electron chi connectivity index (χ4n) is 2.94. The highest BCUT2D eigenvalue weighted by molar-refractivity contribution is 7.88. The van der Waals surface area contributed by atoms with Crippen molar-refractivity contribution in [3.8, 4) is 0 Å². The van der Waals surface area contributed by atoms with Crippen molar-refractivity contribution in [2.24, 2.45) is 10.7 Å². The number of nitrogens with two attached hydrogens (primary N) is 1. The van der Waals surface area contributed by atoms with Gasteiger partial charge in [0, 0.05) is 38.8 Å². The van der Waals surface area contributed by atoms with Gasteiger partial charge >= 0.3 is 0 Å². The minimum atomic E-state index is -3.46. The molecule has 0 radical (unpaired) electrons. The second kappa shape index (κ2) is 9.09. The molecule has 29 heavy (non-hydrogen) atoms. The first-order valence-corrected chi connectivity index (χ1v) is 10.8. The molecule has 0 aromatic carbocycles. The first-order valence-electron chi connectivity index (χ1n) is 9.18. The normalized spacial score (nSPS) is 16.2. The third kappa shape index (κ3) is 5.35. The zero-order valence-corrected chi connectivity index (χ0v) is 16.9. The second-order valence-electron chi connectivity index (χ2n) is 6.43. The summed E-state index contributed by atoms with van der Waals surface area (Å²) in [6.07, 6.45) is 1.35. The fraction of sp³-hybridized carbons (Fsp3) is 0.471. The van der Waals surface area contributed by atoms with E-state index in [0.29, 0.717) is 50.1 Å². The Morgan fingerprint density at radius 2 is 2.03 bits per heavy atom. The van der Waals surface area contributed by atoms with Crippen LogP contribution in [0.2, 0.25) is 0 Å². The highest BCUT2D eigenvalue weighted by Gasteiger charge is 2.29. The van der Waals surface area contributed by atoms with Crippen molar-refractivity contribution in [1.29, 1.82) is 0 Å². The number of primary amides is 1. The number of amides is 1. The monoisotopic (exact) mass is 424 g/mol. The fourth-order valence-corrected chi connectivity index (χ4v) is 4.37. The molecule has 1 aliphatic heterocycles. The van der Waals surface area contributed by atoms with Crippen LogP contribution in [0.4, 0.5) is 0 Å². The Morgan fingerprint density at radius 3 is 2.62 bits per heavy atom. The zero-order valence-electron chi connectivity index (χ0n) is 16.1. The van der Waals surface area contributed by atoms with Crippen molar-refractivity contribution >= 4 is 21.9 Å². The average molecular weight is 424 g/mol. The van der Waals surface area contributed by atoms with Crippen LogP contribution in [-0.4, -0.2) is 67.4 Å². The number of sulfonamides is 1. The van der Waals surface area contributed by atoms with Gasteiger partial charge in [-0.05, 0) is 19.1 Å². The van der Waals surface area contributed by atoms with E-state index in [-0.39, 0.29) is 18.1 Å². The summed E-state index contributed by atoms with van der Waals surface area (Å²) in [4.78, 5) is 17.6. The number of nitrogens with zero attached hydrogens (tertiary/aromatic N) is 4. The predicted octanol–water partition coefficient (Wildman–Crippen LogP) is -0.0204. The largest absolute Gasteiger partial charge is 0.454 e. The second-order valence-corrected chi connectivity index (χ2v) is 8.40. The van der Waals surface area contributed by atoms with E-state index in [0.717, 1.165) is 0 Å². The summed E-state index contributed by atoms with van der Waals surface area (Å²) in [6, 6.07) is 4.71. The number of rotatable bonds is 7. The molecule has 0 bridgehead atoms. The Bertz CT molecular complexity index is 945.